The highest BCUT2D eigenvalue weighted by Crippen LogP contribution is 2.31. The standard InChI is InChI=1S/C12H14ClN3O2S/c1-12(2,14)6-15-11(17)7-5-8(18-16-7)9-3-4-10(13)19-9/h3-5H,6,14H2,1-2H3,(H,15,17). The predicted molar refractivity (Wildman–Crippen MR) is 75.4 cm³/mol. The van der Waals surface area contributed by atoms with Crippen LogP contribution >= 0.6 is 22.9 Å². The van der Waals surface area contributed by atoms with E-state index in [-0.39, 0.29) is 11.6 Å². The van der Waals surface area contributed by atoms with Crippen LogP contribution in [0.2, 0.25) is 4.34 Å². The summed E-state index contributed by atoms with van der Waals surface area (Å²) in [7, 11) is 0. The van der Waals surface area contributed by atoms with Crippen molar-refractivity contribution >= 4 is 28.8 Å². The molecule has 2 rings (SSSR count). The second-order valence-electron chi connectivity index (χ2n) is 4.85. The van der Waals surface area contributed by atoms with Gasteiger partial charge in [0.1, 0.15) is 0 Å². The fraction of sp³-hybridized carbons (Fsp3) is 0.333. The minimum absolute atomic E-state index is 0.226. The summed E-state index contributed by atoms with van der Waals surface area (Å²) in [5.41, 5.74) is 5.55. The van der Waals surface area contributed by atoms with Gasteiger partial charge in [-0.3, -0.25) is 4.79 Å². The van der Waals surface area contributed by atoms with E-state index in [1.165, 1.54) is 11.3 Å². The molecule has 0 atom stereocenters. The Labute approximate surface area is 119 Å². The molecule has 3 N–H and O–H groups in total. The van der Waals surface area contributed by atoms with E-state index in [1.54, 1.807) is 12.1 Å². The Kier molecular flexibility index (Phi) is 3.93. The van der Waals surface area contributed by atoms with E-state index in [4.69, 9.17) is 21.9 Å². The minimum Gasteiger partial charge on any atom is -0.355 e. The van der Waals surface area contributed by atoms with Gasteiger partial charge in [-0.1, -0.05) is 16.8 Å². The Bertz CT molecular complexity index is 586. The molecule has 0 saturated carbocycles. The van der Waals surface area contributed by atoms with Crippen LogP contribution in [-0.2, 0) is 0 Å². The van der Waals surface area contributed by atoms with Gasteiger partial charge in [-0.25, -0.2) is 0 Å². The third-order valence-corrected chi connectivity index (χ3v) is 3.51. The largest absolute Gasteiger partial charge is 0.355 e. The smallest absolute Gasteiger partial charge is 0.273 e. The van der Waals surface area contributed by atoms with Crippen molar-refractivity contribution in [3.63, 3.8) is 0 Å². The highest BCUT2D eigenvalue weighted by Gasteiger charge is 2.17. The van der Waals surface area contributed by atoms with Crippen LogP contribution in [-0.4, -0.2) is 23.1 Å². The van der Waals surface area contributed by atoms with Crippen molar-refractivity contribution in [2.75, 3.05) is 6.54 Å². The number of halogens is 1. The number of nitrogens with two attached hydrogens (primary N) is 1. The van der Waals surface area contributed by atoms with Gasteiger partial charge in [0.2, 0.25) is 0 Å². The summed E-state index contributed by atoms with van der Waals surface area (Å²) in [4.78, 5) is 12.7. The van der Waals surface area contributed by atoms with E-state index in [9.17, 15) is 4.79 Å². The molecule has 0 unspecified atom stereocenters. The topological polar surface area (TPSA) is 81.1 Å². The summed E-state index contributed by atoms with van der Waals surface area (Å²) in [6.45, 7) is 4.02. The van der Waals surface area contributed by atoms with Crippen molar-refractivity contribution in [3.05, 3.63) is 28.2 Å². The number of nitrogens with one attached hydrogen (secondary N) is 1. The summed E-state index contributed by atoms with van der Waals surface area (Å²) in [6.07, 6.45) is 0. The molecule has 102 valence electrons. The Hall–Kier alpha value is -1.37. The first-order valence-corrected chi connectivity index (χ1v) is 6.84. The van der Waals surface area contributed by atoms with Gasteiger partial charge >= 0.3 is 0 Å². The van der Waals surface area contributed by atoms with E-state index in [1.807, 2.05) is 19.9 Å². The van der Waals surface area contributed by atoms with Gasteiger partial charge in [0.25, 0.3) is 5.91 Å². The van der Waals surface area contributed by atoms with Crippen molar-refractivity contribution < 1.29 is 9.32 Å². The average molecular weight is 300 g/mol. The second kappa shape index (κ2) is 5.32. The lowest BCUT2D eigenvalue weighted by Gasteiger charge is -2.18. The summed E-state index contributed by atoms with van der Waals surface area (Å²) < 4.78 is 5.78. The van der Waals surface area contributed by atoms with Gasteiger partial charge in [-0.05, 0) is 26.0 Å². The number of amides is 1. The lowest BCUT2D eigenvalue weighted by molar-refractivity contribution is 0.0937. The van der Waals surface area contributed by atoms with Gasteiger partial charge in [0, 0.05) is 18.2 Å². The van der Waals surface area contributed by atoms with Crippen molar-refractivity contribution in [1.82, 2.24) is 10.5 Å². The first kappa shape index (κ1) is 14.0. The normalized spacial score (nSPS) is 11.6. The quantitative estimate of drug-likeness (QED) is 0.909. The third kappa shape index (κ3) is 3.79. The molecule has 0 fully saturated rings. The van der Waals surface area contributed by atoms with Crippen LogP contribution in [0.3, 0.4) is 0 Å². The van der Waals surface area contributed by atoms with Crippen LogP contribution < -0.4 is 11.1 Å². The number of nitrogens with zero attached hydrogens (tertiary/aromatic N) is 1. The minimum atomic E-state index is -0.469. The predicted octanol–water partition coefficient (Wildman–Crippen LogP) is 2.52. The van der Waals surface area contributed by atoms with Crippen LogP contribution in [0.25, 0.3) is 10.6 Å². The molecule has 5 nitrogen and oxygen atoms in total. The highest BCUT2D eigenvalue weighted by atomic mass is 35.5. The SMILES string of the molecule is CC(C)(N)CNC(=O)c1cc(-c2ccc(Cl)s2)on1. The molecule has 0 radical (unpaired) electrons. The van der Waals surface area contributed by atoms with E-state index in [2.05, 4.69) is 10.5 Å². The Balaban J connectivity index is 2.07. The summed E-state index contributed by atoms with van der Waals surface area (Å²) in [5, 5.41) is 6.44. The number of thiophene rings is 1. The maximum Gasteiger partial charge on any atom is 0.273 e. The molecular formula is C12H14ClN3O2S. The molecule has 0 bridgehead atoms. The summed E-state index contributed by atoms with van der Waals surface area (Å²) >= 11 is 7.21. The molecule has 0 aliphatic rings. The van der Waals surface area contributed by atoms with E-state index >= 15 is 0 Å². The molecule has 2 aromatic rings. The number of hydrogen-bond donors (Lipinski definition) is 2. The molecule has 1 amide bonds. The van der Waals surface area contributed by atoms with Crippen LogP contribution in [0, 0.1) is 0 Å². The molecule has 0 spiro atoms. The second-order valence-corrected chi connectivity index (χ2v) is 6.57. The lowest BCUT2D eigenvalue weighted by Crippen LogP contribution is -2.45. The molecule has 19 heavy (non-hydrogen) atoms. The maximum absolute atomic E-state index is 11.8. The Morgan fingerprint density at radius 2 is 2.32 bits per heavy atom. The number of carbonyl (C=O) groups is 1. The molecule has 2 aromatic heterocycles. The van der Waals surface area contributed by atoms with Crippen LogP contribution in [0.1, 0.15) is 24.3 Å². The van der Waals surface area contributed by atoms with Crippen molar-refractivity contribution in [1.29, 1.82) is 0 Å². The Morgan fingerprint density at radius 1 is 1.58 bits per heavy atom. The Morgan fingerprint density at radius 3 is 2.89 bits per heavy atom. The molecule has 0 aliphatic carbocycles. The van der Waals surface area contributed by atoms with Crippen LogP contribution in [0.5, 0.6) is 0 Å². The van der Waals surface area contributed by atoms with E-state index < -0.39 is 5.54 Å². The zero-order valence-corrected chi connectivity index (χ0v) is 12.1. The lowest BCUT2D eigenvalue weighted by atomic mass is 10.1. The number of aromatic nitrogens is 1. The zero-order chi connectivity index (χ0) is 14.0. The van der Waals surface area contributed by atoms with Crippen LogP contribution in [0.15, 0.2) is 22.7 Å². The molecule has 0 saturated heterocycles. The van der Waals surface area contributed by atoms with Crippen LogP contribution in [0.4, 0.5) is 0 Å². The van der Waals surface area contributed by atoms with E-state index in [0.717, 1.165) is 4.88 Å². The highest BCUT2D eigenvalue weighted by molar-refractivity contribution is 7.19. The first-order valence-electron chi connectivity index (χ1n) is 5.65. The number of rotatable bonds is 4. The van der Waals surface area contributed by atoms with Gasteiger partial charge in [-0.2, -0.15) is 0 Å². The molecule has 2 heterocycles. The van der Waals surface area contributed by atoms with E-state index in [0.29, 0.717) is 16.6 Å². The molecule has 0 aliphatic heterocycles. The van der Waals surface area contributed by atoms with Gasteiger partial charge < -0.3 is 15.6 Å². The molecule has 7 heteroatoms. The zero-order valence-electron chi connectivity index (χ0n) is 10.6. The molecule has 0 aromatic carbocycles. The van der Waals surface area contributed by atoms with Gasteiger partial charge in [0.05, 0.1) is 9.21 Å². The van der Waals surface area contributed by atoms with Gasteiger partial charge in [0.15, 0.2) is 11.5 Å². The van der Waals surface area contributed by atoms with Crippen molar-refractivity contribution in [2.24, 2.45) is 5.73 Å². The monoisotopic (exact) mass is 299 g/mol. The van der Waals surface area contributed by atoms with Gasteiger partial charge in [-0.15, -0.1) is 11.3 Å². The number of hydrogen-bond acceptors (Lipinski definition) is 5. The first-order chi connectivity index (χ1) is 8.85. The maximum atomic E-state index is 11.8. The average Bonchev–Trinajstić information content (AvgIpc) is 2.93. The molecular weight excluding hydrogens is 286 g/mol. The fourth-order valence-corrected chi connectivity index (χ4v) is 2.34. The fourth-order valence-electron chi connectivity index (χ4n) is 1.34. The summed E-state index contributed by atoms with van der Waals surface area (Å²) in [5.74, 6) is 0.213. The summed E-state index contributed by atoms with van der Waals surface area (Å²) in [6, 6.07) is 5.17. The van der Waals surface area contributed by atoms with Crippen molar-refractivity contribution in [2.45, 2.75) is 19.4 Å². The third-order valence-electron chi connectivity index (χ3n) is 2.26. The van der Waals surface area contributed by atoms with Crippen molar-refractivity contribution in [3.8, 4) is 10.6 Å². The number of carbonyl (C=O) groups excluding carboxylic acids is 1.